The first-order chi connectivity index (χ1) is 14.4. The zero-order chi connectivity index (χ0) is 21.3. The molecule has 1 amide bonds. The monoisotopic (exact) mass is 483 g/mol. The Morgan fingerprint density at radius 3 is 2.63 bits per heavy atom. The van der Waals surface area contributed by atoms with Gasteiger partial charge in [0.05, 0.1) is 9.86 Å². The standard InChI is InChI=1S/C22H18BrN3O3S/c1-13-11-17-21(30-13)24-14(2)26(22(17)28)25-20(27)16-9-7-15(8-10-16)12-29-19-6-4-3-5-18(19)23/h3-11H,12H2,1-2H3,(H,25,27). The maximum absolute atomic E-state index is 12.7. The van der Waals surface area contributed by atoms with Crippen LogP contribution in [0.1, 0.15) is 26.6 Å². The highest BCUT2D eigenvalue weighted by atomic mass is 79.9. The van der Waals surface area contributed by atoms with Gasteiger partial charge in [0.2, 0.25) is 0 Å². The minimum atomic E-state index is -0.383. The highest BCUT2D eigenvalue weighted by molar-refractivity contribution is 9.10. The lowest BCUT2D eigenvalue weighted by atomic mass is 10.1. The molecule has 0 saturated heterocycles. The van der Waals surface area contributed by atoms with Gasteiger partial charge in [-0.2, -0.15) is 0 Å². The predicted molar refractivity (Wildman–Crippen MR) is 122 cm³/mol. The van der Waals surface area contributed by atoms with Crippen molar-refractivity contribution in [3.63, 3.8) is 0 Å². The van der Waals surface area contributed by atoms with Crippen molar-refractivity contribution in [1.82, 2.24) is 9.66 Å². The third-order valence-electron chi connectivity index (χ3n) is 4.52. The SMILES string of the molecule is Cc1cc2c(=O)n(NC(=O)c3ccc(COc4ccccc4Br)cc3)c(C)nc2s1. The molecule has 152 valence electrons. The fourth-order valence-electron chi connectivity index (χ4n) is 2.98. The summed E-state index contributed by atoms with van der Waals surface area (Å²) < 4.78 is 7.87. The summed E-state index contributed by atoms with van der Waals surface area (Å²) in [7, 11) is 0. The van der Waals surface area contributed by atoms with E-state index in [0.29, 0.717) is 28.2 Å². The van der Waals surface area contributed by atoms with Gasteiger partial charge in [-0.3, -0.25) is 15.0 Å². The van der Waals surface area contributed by atoms with Crippen molar-refractivity contribution in [3.8, 4) is 5.75 Å². The van der Waals surface area contributed by atoms with Crippen LogP contribution in [-0.2, 0) is 6.61 Å². The number of rotatable bonds is 5. The lowest BCUT2D eigenvalue weighted by Gasteiger charge is -2.11. The Labute approximate surface area is 185 Å². The molecule has 0 radical (unpaired) electrons. The van der Waals surface area contributed by atoms with Crippen LogP contribution in [0.15, 0.2) is 63.9 Å². The lowest BCUT2D eigenvalue weighted by Crippen LogP contribution is -2.35. The smallest absolute Gasteiger partial charge is 0.281 e. The lowest BCUT2D eigenvalue weighted by molar-refractivity contribution is 0.101. The number of para-hydroxylation sites is 1. The highest BCUT2D eigenvalue weighted by Crippen LogP contribution is 2.24. The molecule has 0 aliphatic heterocycles. The van der Waals surface area contributed by atoms with Crippen LogP contribution < -0.4 is 15.7 Å². The van der Waals surface area contributed by atoms with Crippen molar-refractivity contribution < 1.29 is 9.53 Å². The van der Waals surface area contributed by atoms with Gasteiger partial charge in [0.15, 0.2) is 0 Å². The molecular weight excluding hydrogens is 466 g/mol. The van der Waals surface area contributed by atoms with E-state index in [9.17, 15) is 9.59 Å². The molecule has 0 bridgehead atoms. The fraction of sp³-hybridized carbons (Fsp3) is 0.136. The van der Waals surface area contributed by atoms with Crippen molar-refractivity contribution >= 4 is 43.4 Å². The van der Waals surface area contributed by atoms with Gasteiger partial charge in [-0.15, -0.1) is 11.3 Å². The second kappa shape index (κ2) is 8.41. The first-order valence-corrected chi connectivity index (χ1v) is 10.8. The van der Waals surface area contributed by atoms with Crippen molar-refractivity contribution in [2.75, 3.05) is 5.43 Å². The van der Waals surface area contributed by atoms with Gasteiger partial charge in [-0.05, 0) is 65.7 Å². The van der Waals surface area contributed by atoms with E-state index < -0.39 is 0 Å². The fourth-order valence-corrected chi connectivity index (χ4v) is 4.29. The number of amides is 1. The number of carbonyl (C=O) groups is 1. The number of hydrogen-bond acceptors (Lipinski definition) is 5. The minimum Gasteiger partial charge on any atom is -0.488 e. The van der Waals surface area contributed by atoms with Crippen LogP contribution in [0.2, 0.25) is 0 Å². The molecule has 4 rings (SSSR count). The van der Waals surface area contributed by atoms with Gasteiger partial charge >= 0.3 is 0 Å². The number of hydrogen-bond donors (Lipinski definition) is 1. The number of nitrogens with one attached hydrogen (secondary N) is 1. The van der Waals surface area contributed by atoms with E-state index in [4.69, 9.17) is 4.74 Å². The van der Waals surface area contributed by atoms with Crippen LogP contribution >= 0.6 is 27.3 Å². The average Bonchev–Trinajstić information content (AvgIpc) is 3.11. The van der Waals surface area contributed by atoms with E-state index in [1.165, 1.54) is 16.0 Å². The third kappa shape index (κ3) is 4.15. The van der Waals surface area contributed by atoms with Gasteiger partial charge in [0.1, 0.15) is 23.0 Å². The molecule has 0 atom stereocenters. The predicted octanol–water partition coefficient (Wildman–Crippen LogP) is 4.80. The summed E-state index contributed by atoms with van der Waals surface area (Å²) >= 11 is 4.91. The van der Waals surface area contributed by atoms with E-state index in [2.05, 4.69) is 26.3 Å². The molecule has 6 nitrogen and oxygen atoms in total. The Hall–Kier alpha value is -2.97. The second-order valence-electron chi connectivity index (χ2n) is 6.73. The summed E-state index contributed by atoms with van der Waals surface area (Å²) in [6.45, 7) is 3.99. The Balaban J connectivity index is 1.48. The summed E-state index contributed by atoms with van der Waals surface area (Å²) in [5.74, 6) is 0.800. The van der Waals surface area contributed by atoms with Crippen LogP contribution in [0.5, 0.6) is 5.75 Å². The molecule has 1 N–H and O–H groups in total. The maximum atomic E-state index is 12.7. The van der Waals surface area contributed by atoms with Crippen molar-refractivity contribution in [1.29, 1.82) is 0 Å². The molecular formula is C22H18BrN3O3S. The van der Waals surface area contributed by atoms with E-state index >= 15 is 0 Å². The largest absolute Gasteiger partial charge is 0.488 e. The molecule has 2 aromatic carbocycles. The number of aryl methyl sites for hydroxylation is 2. The summed E-state index contributed by atoms with van der Waals surface area (Å²) in [5.41, 5.74) is 3.73. The summed E-state index contributed by atoms with van der Waals surface area (Å²) in [6, 6.07) is 16.5. The van der Waals surface area contributed by atoms with Crippen LogP contribution in [0.4, 0.5) is 0 Å². The van der Waals surface area contributed by atoms with Crippen LogP contribution in [-0.4, -0.2) is 15.6 Å². The van der Waals surface area contributed by atoms with Gasteiger partial charge in [-0.25, -0.2) is 9.66 Å². The molecule has 2 heterocycles. The normalized spacial score (nSPS) is 10.9. The summed E-state index contributed by atoms with van der Waals surface area (Å²) in [5, 5.41) is 0.503. The number of halogens is 1. The Morgan fingerprint density at radius 2 is 1.90 bits per heavy atom. The number of ether oxygens (including phenoxy) is 1. The molecule has 0 aliphatic carbocycles. The minimum absolute atomic E-state index is 0.284. The first kappa shape index (κ1) is 20.3. The van der Waals surface area contributed by atoms with Crippen molar-refractivity contribution in [2.45, 2.75) is 20.5 Å². The molecule has 8 heteroatoms. The molecule has 0 spiro atoms. The van der Waals surface area contributed by atoms with Gasteiger partial charge in [-0.1, -0.05) is 24.3 Å². The van der Waals surface area contributed by atoms with Gasteiger partial charge < -0.3 is 4.74 Å². The van der Waals surface area contributed by atoms with Crippen molar-refractivity contribution in [3.05, 3.63) is 91.3 Å². The summed E-state index contributed by atoms with van der Waals surface area (Å²) in [6.07, 6.45) is 0. The van der Waals surface area contributed by atoms with Crippen molar-refractivity contribution in [2.24, 2.45) is 0 Å². The number of fused-ring (bicyclic) bond motifs is 1. The van der Waals surface area contributed by atoms with Gasteiger partial charge in [0.25, 0.3) is 11.5 Å². The Kier molecular flexibility index (Phi) is 5.69. The molecule has 0 fully saturated rings. The number of carbonyl (C=O) groups excluding carboxylic acids is 1. The number of benzene rings is 2. The Morgan fingerprint density at radius 1 is 1.17 bits per heavy atom. The van der Waals surface area contributed by atoms with Crippen LogP contribution in [0.3, 0.4) is 0 Å². The highest BCUT2D eigenvalue weighted by Gasteiger charge is 2.14. The third-order valence-corrected chi connectivity index (χ3v) is 6.12. The van der Waals surface area contributed by atoms with Crippen LogP contribution in [0.25, 0.3) is 10.2 Å². The summed E-state index contributed by atoms with van der Waals surface area (Å²) in [4.78, 5) is 31.5. The van der Waals surface area contributed by atoms with E-state index in [-0.39, 0.29) is 11.5 Å². The topological polar surface area (TPSA) is 73.2 Å². The average molecular weight is 484 g/mol. The molecule has 2 aromatic heterocycles. The molecule has 30 heavy (non-hydrogen) atoms. The molecule has 0 unspecified atom stereocenters. The van der Waals surface area contributed by atoms with Gasteiger partial charge in [0, 0.05) is 10.4 Å². The second-order valence-corrected chi connectivity index (χ2v) is 8.82. The maximum Gasteiger partial charge on any atom is 0.281 e. The molecule has 4 aromatic rings. The van der Waals surface area contributed by atoms with E-state index in [1.54, 1.807) is 25.1 Å². The number of thiophene rings is 1. The zero-order valence-electron chi connectivity index (χ0n) is 16.3. The molecule has 0 saturated carbocycles. The number of nitrogens with zero attached hydrogens (tertiary/aromatic N) is 2. The number of aromatic nitrogens is 2. The van der Waals surface area contributed by atoms with Crippen LogP contribution in [0, 0.1) is 13.8 Å². The molecule has 0 aliphatic rings. The van der Waals surface area contributed by atoms with E-state index in [0.717, 1.165) is 20.7 Å². The zero-order valence-corrected chi connectivity index (χ0v) is 18.7. The Bertz CT molecular complexity index is 1300. The first-order valence-electron chi connectivity index (χ1n) is 9.20. The quantitative estimate of drug-likeness (QED) is 0.442. The van der Waals surface area contributed by atoms with E-state index in [1.807, 2.05) is 43.3 Å².